The lowest BCUT2D eigenvalue weighted by Gasteiger charge is -2.34. The number of halogens is 1. The first kappa shape index (κ1) is 21.0. The Morgan fingerprint density at radius 3 is 2.68 bits per heavy atom. The van der Waals surface area contributed by atoms with Crippen LogP contribution in [0.5, 0.6) is 0 Å². The van der Waals surface area contributed by atoms with Gasteiger partial charge in [-0.2, -0.15) is 0 Å². The van der Waals surface area contributed by atoms with Gasteiger partial charge in [-0.3, -0.25) is 14.5 Å². The fraction of sp³-hybridized carbons (Fsp3) is 0.450. The number of carbonyl (C=O) groups is 2. The third-order valence-electron chi connectivity index (χ3n) is 4.50. The maximum atomic E-state index is 12.6. The minimum absolute atomic E-state index is 0.0392. The molecule has 28 heavy (non-hydrogen) atoms. The summed E-state index contributed by atoms with van der Waals surface area (Å²) in [5.41, 5.74) is 1.86. The zero-order chi connectivity index (χ0) is 20.1. The number of hydrogen-bond donors (Lipinski definition) is 1. The van der Waals surface area contributed by atoms with E-state index in [0.29, 0.717) is 26.1 Å². The monoisotopic (exact) mass is 464 g/mol. The topological polar surface area (TPSA) is 65.5 Å². The van der Waals surface area contributed by atoms with E-state index < -0.39 is 0 Å². The van der Waals surface area contributed by atoms with Crippen LogP contribution >= 0.6 is 27.3 Å². The number of carbonyl (C=O) groups excluding carboxylic acids is 2. The predicted octanol–water partition coefficient (Wildman–Crippen LogP) is 2.78. The number of benzene rings is 1. The summed E-state index contributed by atoms with van der Waals surface area (Å²) in [4.78, 5) is 33.1. The molecule has 0 aliphatic carbocycles. The molecular weight excluding hydrogens is 440 g/mol. The highest BCUT2D eigenvalue weighted by molar-refractivity contribution is 9.10. The summed E-state index contributed by atoms with van der Waals surface area (Å²) in [5, 5.41) is 5.79. The van der Waals surface area contributed by atoms with Crippen LogP contribution in [0, 0.1) is 0 Å². The maximum Gasteiger partial charge on any atom is 0.234 e. The Labute approximate surface area is 178 Å². The molecule has 1 N–H and O–H groups in total. The molecule has 0 bridgehead atoms. The van der Waals surface area contributed by atoms with Crippen molar-refractivity contribution in [3.63, 3.8) is 0 Å². The molecule has 1 saturated heterocycles. The number of nitrogens with one attached hydrogen (secondary N) is 1. The molecular formula is C20H25BrN4O2S. The van der Waals surface area contributed by atoms with Gasteiger partial charge < -0.3 is 10.2 Å². The predicted molar refractivity (Wildman–Crippen MR) is 115 cm³/mol. The number of piperazine rings is 1. The first-order valence-electron chi connectivity index (χ1n) is 9.40. The second-order valence-corrected chi connectivity index (χ2v) is 8.98. The van der Waals surface area contributed by atoms with Crippen molar-refractivity contribution in [2.45, 2.75) is 26.3 Å². The Bertz CT molecular complexity index is 831. The summed E-state index contributed by atoms with van der Waals surface area (Å²) >= 11 is 5.03. The third-order valence-corrected chi connectivity index (χ3v) is 5.93. The molecule has 0 unspecified atom stereocenters. The van der Waals surface area contributed by atoms with Crippen molar-refractivity contribution in [3.8, 4) is 10.6 Å². The van der Waals surface area contributed by atoms with Crippen LogP contribution < -0.4 is 5.32 Å². The van der Waals surface area contributed by atoms with E-state index in [1.807, 2.05) is 48.4 Å². The van der Waals surface area contributed by atoms with Crippen LogP contribution in [0.1, 0.15) is 19.5 Å². The van der Waals surface area contributed by atoms with Crippen LogP contribution in [-0.2, 0) is 16.0 Å². The highest BCUT2D eigenvalue weighted by Crippen LogP contribution is 2.26. The van der Waals surface area contributed by atoms with Gasteiger partial charge in [0.05, 0.1) is 18.7 Å². The van der Waals surface area contributed by atoms with E-state index in [4.69, 9.17) is 0 Å². The summed E-state index contributed by atoms with van der Waals surface area (Å²) in [6.07, 6.45) is 0.318. The van der Waals surface area contributed by atoms with Crippen molar-refractivity contribution in [3.05, 3.63) is 39.8 Å². The average molecular weight is 465 g/mol. The molecule has 0 atom stereocenters. The van der Waals surface area contributed by atoms with E-state index in [-0.39, 0.29) is 17.9 Å². The summed E-state index contributed by atoms with van der Waals surface area (Å²) in [7, 11) is 0. The Morgan fingerprint density at radius 1 is 1.25 bits per heavy atom. The fourth-order valence-corrected chi connectivity index (χ4v) is 4.35. The molecule has 3 rings (SSSR count). The van der Waals surface area contributed by atoms with E-state index in [1.54, 1.807) is 11.3 Å². The van der Waals surface area contributed by atoms with Crippen LogP contribution in [-0.4, -0.2) is 65.4 Å². The molecule has 2 amide bonds. The van der Waals surface area contributed by atoms with E-state index in [0.717, 1.165) is 33.8 Å². The first-order chi connectivity index (χ1) is 13.4. The molecule has 0 spiro atoms. The first-order valence-corrected chi connectivity index (χ1v) is 11.1. The minimum atomic E-state index is 0.0392. The van der Waals surface area contributed by atoms with Crippen LogP contribution in [0.15, 0.2) is 34.1 Å². The Kier molecular flexibility index (Phi) is 7.20. The number of hydrogen-bond acceptors (Lipinski definition) is 5. The second kappa shape index (κ2) is 9.62. The molecule has 1 aromatic heterocycles. The summed E-state index contributed by atoms with van der Waals surface area (Å²) in [6, 6.07) is 8.15. The molecule has 0 saturated carbocycles. The zero-order valence-electron chi connectivity index (χ0n) is 16.2. The summed E-state index contributed by atoms with van der Waals surface area (Å²) in [5.74, 6) is 0.134. The van der Waals surface area contributed by atoms with Crippen molar-refractivity contribution in [2.24, 2.45) is 0 Å². The molecule has 1 fully saturated rings. The maximum absolute atomic E-state index is 12.6. The lowest BCUT2D eigenvalue weighted by molar-refractivity contribution is -0.132. The molecule has 2 aromatic rings. The minimum Gasteiger partial charge on any atom is -0.353 e. The lowest BCUT2D eigenvalue weighted by Crippen LogP contribution is -2.51. The molecule has 2 heterocycles. The van der Waals surface area contributed by atoms with E-state index >= 15 is 0 Å². The van der Waals surface area contributed by atoms with Crippen LogP contribution in [0.25, 0.3) is 10.6 Å². The largest absolute Gasteiger partial charge is 0.353 e. The van der Waals surface area contributed by atoms with E-state index in [9.17, 15) is 9.59 Å². The van der Waals surface area contributed by atoms with Gasteiger partial charge in [0.2, 0.25) is 11.8 Å². The number of aromatic nitrogens is 1. The number of nitrogens with zero attached hydrogens (tertiary/aromatic N) is 3. The smallest absolute Gasteiger partial charge is 0.234 e. The number of amides is 2. The quantitative estimate of drug-likeness (QED) is 0.713. The van der Waals surface area contributed by atoms with Gasteiger partial charge in [0, 0.05) is 47.6 Å². The SMILES string of the molecule is CC(C)NC(=O)CN1CCN(C(=O)Cc2csc(-c3cccc(Br)c3)n2)CC1. The van der Waals surface area contributed by atoms with Crippen molar-refractivity contribution in [1.29, 1.82) is 0 Å². The van der Waals surface area contributed by atoms with Gasteiger partial charge in [0.15, 0.2) is 0 Å². The van der Waals surface area contributed by atoms with Crippen molar-refractivity contribution in [1.82, 2.24) is 20.1 Å². The average Bonchev–Trinajstić information content (AvgIpc) is 3.10. The summed E-state index contributed by atoms with van der Waals surface area (Å²) < 4.78 is 1.01. The van der Waals surface area contributed by atoms with Gasteiger partial charge in [-0.1, -0.05) is 28.1 Å². The Balaban J connectivity index is 1.49. The molecule has 0 radical (unpaired) electrons. The standard InChI is InChI=1S/C20H25BrN4O2S/c1-14(2)22-18(26)12-24-6-8-25(9-7-24)19(27)11-17-13-28-20(23-17)15-4-3-5-16(21)10-15/h3-5,10,13-14H,6-9,11-12H2,1-2H3,(H,22,26). The zero-order valence-corrected chi connectivity index (χ0v) is 18.6. The molecule has 150 valence electrons. The van der Waals surface area contributed by atoms with Crippen molar-refractivity contribution in [2.75, 3.05) is 32.7 Å². The fourth-order valence-electron chi connectivity index (χ4n) is 3.14. The second-order valence-electron chi connectivity index (χ2n) is 7.21. The Morgan fingerprint density at radius 2 is 2.00 bits per heavy atom. The lowest BCUT2D eigenvalue weighted by atomic mass is 10.2. The van der Waals surface area contributed by atoms with Gasteiger partial charge in [-0.05, 0) is 26.0 Å². The van der Waals surface area contributed by atoms with Crippen LogP contribution in [0.4, 0.5) is 0 Å². The van der Waals surface area contributed by atoms with E-state index in [2.05, 4.69) is 31.1 Å². The van der Waals surface area contributed by atoms with Gasteiger partial charge in [0.25, 0.3) is 0 Å². The van der Waals surface area contributed by atoms with E-state index in [1.165, 1.54) is 0 Å². The van der Waals surface area contributed by atoms with Crippen LogP contribution in [0.3, 0.4) is 0 Å². The van der Waals surface area contributed by atoms with Gasteiger partial charge >= 0.3 is 0 Å². The van der Waals surface area contributed by atoms with Gasteiger partial charge in [-0.25, -0.2) is 4.98 Å². The Hall–Kier alpha value is -1.77. The van der Waals surface area contributed by atoms with Crippen molar-refractivity contribution < 1.29 is 9.59 Å². The highest BCUT2D eigenvalue weighted by atomic mass is 79.9. The molecule has 1 aliphatic rings. The molecule has 6 nitrogen and oxygen atoms in total. The van der Waals surface area contributed by atoms with Gasteiger partial charge in [0.1, 0.15) is 5.01 Å². The van der Waals surface area contributed by atoms with Crippen LogP contribution in [0.2, 0.25) is 0 Å². The van der Waals surface area contributed by atoms with Crippen molar-refractivity contribution >= 4 is 39.1 Å². The summed E-state index contributed by atoms with van der Waals surface area (Å²) in [6.45, 7) is 7.04. The molecule has 1 aliphatic heterocycles. The number of rotatable bonds is 6. The normalized spacial score (nSPS) is 15.1. The van der Waals surface area contributed by atoms with Gasteiger partial charge in [-0.15, -0.1) is 11.3 Å². The highest BCUT2D eigenvalue weighted by Gasteiger charge is 2.23. The molecule has 8 heteroatoms. The number of thiazole rings is 1. The molecule has 1 aromatic carbocycles. The third kappa shape index (κ3) is 5.86.